The Labute approximate surface area is 198 Å². The molecule has 2 atom stereocenters. The predicted octanol–water partition coefficient (Wildman–Crippen LogP) is 5.44. The molecule has 1 aliphatic rings. The van der Waals surface area contributed by atoms with Crippen molar-refractivity contribution in [2.45, 2.75) is 25.4 Å². The number of aromatic nitrogens is 1. The summed E-state index contributed by atoms with van der Waals surface area (Å²) in [6.07, 6.45) is 2.18. The molecule has 1 aliphatic heterocycles. The highest BCUT2D eigenvalue weighted by Gasteiger charge is 2.41. The molecule has 1 aromatic carbocycles. The number of nitrogens with zero attached hydrogens (tertiary/aromatic N) is 2. The zero-order valence-electron chi connectivity index (χ0n) is 17.0. The monoisotopic (exact) mass is 516 g/mol. The molecule has 0 radical (unpaired) electrons. The van der Waals surface area contributed by atoms with Crippen molar-refractivity contribution in [3.63, 3.8) is 0 Å². The van der Waals surface area contributed by atoms with E-state index >= 15 is 0 Å². The number of benzene rings is 1. The van der Waals surface area contributed by atoms with Gasteiger partial charge >= 0.3 is 0 Å². The molecule has 1 amide bonds. The van der Waals surface area contributed by atoms with Crippen LogP contribution in [0.2, 0.25) is 0 Å². The smallest absolute Gasteiger partial charge is 0.224 e. The van der Waals surface area contributed by atoms with Gasteiger partial charge in [-0.2, -0.15) is 0 Å². The van der Waals surface area contributed by atoms with Crippen LogP contribution in [0.4, 0.5) is 11.4 Å². The van der Waals surface area contributed by atoms with E-state index in [1.54, 1.807) is 24.6 Å². The molecular formula is C22H21BrN4O2S2. The molecule has 0 bridgehead atoms. The molecule has 4 rings (SSSR count). The van der Waals surface area contributed by atoms with Gasteiger partial charge in [0.25, 0.3) is 0 Å². The minimum absolute atomic E-state index is 0.0686. The molecule has 2 aromatic heterocycles. The highest BCUT2D eigenvalue weighted by Crippen LogP contribution is 2.45. The summed E-state index contributed by atoms with van der Waals surface area (Å²) in [6, 6.07) is 13.5. The molecule has 3 aromatic rings. The van der Waals surface area contributed by atoms with Gasteiger partial charge in [-0.25, -0.2) is 0 Å². The van der Waals surface area contributed by atoms with Crippen molar-refractivity contribution in [2.75, 3.05) is 17.3 Å². The second-order valence-electron chi connectivity index (χ2n) is 6.95. The fourth-order valence-corrected chi connectivity index (χ4v) is 5.49. The highest BCUT2D eigenvalue weighted by molar-refractivity contribution is 9.10. The number of rotatable bonds is 6. The van der Waals surface area contributed by atoms with Crippen LogP contribution in [-0.4, -0.2) is 23.1 Å². The van der Waals surface area contributed by atoms with Crippen molar-refractivity contribution < 1.29 is 9.53 Å². The number of anilines is 2. The third-order valence-electron chi connectivity index (χ3n) is 5.04. The molecule has 0 spiro atoms. The van der Waals surface area contributed by atoms with Crippen molar-refractivity contribution in [2.24, 2.45) is 0 Å². The maximum atomic E-state index is 11.9. The molecule has 6 nitrogen and oxygen atoms in total. The second kappa shape index (κ2) is 9.33. The van der Waals surface area contributed by atoms with E-state index in [4.69, 9.17) is 17.0 Å². The Kier molecular flexibility index (Phi) is 6.54. The number of ether oxygens (including phenoxy) is 1. The van der Waals surface area contributed by atoms with Crippen LogP contribution in [0.1, 0.15) is 36.0 Å². The van der Waals surface area contributed by atoms with E-state index in [-0.39, 0.29) is 18.0 Å². The average Bonchev–Trinajstić information content (AvgIpc) is 3.37. The van der Waals surface area contributed by atoms with Gasteiger partial charge in [0.2, 0.25) is 5.91 Å². The number of carbonyl (C=O) groups is 1. The van der Waals surface area contributed by atoms with Crippen LogP contribution < -0.4 is 20.3 Å². The number of pyridine rings is 1. The van der Waals surface area contributed by atoms with E-state index in [0.717, 1.165) is 20.7 Å². The van der Waals surface area contributed by atoms with Crippen LogP contribution in [0, 0.1) is 0 Å². The van der Waals surface area contributed by atoms with Gasteiger partial charge < -0.3 is 20.3 Å². The van der Waals surface area contributed by atoms with E-state index in [2.05, 4.69) is 47.9 Å². The van der Waals surface area contributed by atoms with Crippen LogP contribution in [0.3, 0.4) is 0 Å². The summed E-state index contributed by atoms with van der Waals surface area (Å²) in [5, 5.41) is 8.99. The van der Waals surface area contributed by atoms with E-state index in [1.165, 1.54) is 0 Å². The summed E-state index contributed by atoms with van der Waals surface area (Å²) in [5.74, 6) is 0.510. The van der Waals surface area contributed by atoms with E-state index in [9.17, 15) is 4.79 Å². The number of amides is 1. The van der Waals surface area contributed by atoms with Gasteiger partial charge in [-0.1, -0.05) is 13.0 Å². The molecule has 0 saturated carbocycles. The lowest BCUT2D eigenvalue weighted by Gasteiger charge is -2.27. The predicted molar refractivity (Wildman–Crippen MR) is 132 cm³/mol. The van der Waals surface area contributed by atoms with Gasteiger partial charge in [0.1, 0.15) is 5.75 Å². The number of methoxy groups -OCH3 is 1. The minimum Gasteiger partial charge on any atom is -0.494 e. The molecule has 0 aliphatic carbocycles. The fraction of sp³-hybridized carbons (Fsp3) is 0.227. The Balaban J connectivity index is 1.76. The first-order valence-corrected chi connectivity index (χ1v) is 11.8. The van der Waals surface area contributed by atoms with Crippen molar-refractivity contribution in [3.8, 4) is 5.75 Å². The standard InChI is InChI=1S/C22H21BrN4O2S2/c1-3-19(28)25-15-8-7-14(11-17(15)29-2)27-21(18-10-13(23)12-31-18)20(26-22(27)30)16-6-4-5-9-24-16/h4-12,20-21H,3H2,1-2H3,(H,25,28)(H,26,30)/t20-,21-/m0/s1. The molecular weight excluding hydrogens is 496 g/mol. The summed E-state index contributed by atoms with van der Waals surface area (Å²) in [4.78, 5) is 19.7. The molecule has 9 heteroatoms. The van der Waals surface area contributed by atoms with Gasteiger partial charge in [-0.3, -0.25) is 9.78 Å². The van der Waals surface area contributed by atoms with Crippen LogP contribution >= 0.6 is 39.5 Å². The van der Waals surface area contributed by atoms with Crippen molar-refractivity contribution >= 4 is 61.9 Å². The topological polar surface area (TPSA) is 66.5 Å². The quantitative estimate of drug-likeness (QED) is 0.425. The Morgan fingerprint density at radius 1 is 1.35 bits per heavy atom. The summed E-state index contributed by atoms with van der Waals surface area (Å²) in [7, 11) is 1.59. The Hall–Kier alpha value is -2.49. The zero-order chi connectivity index (χ0) is 22.0. The lowest BCUT2D eigenvalue weighted by atomic mass is 10.0. The summed E-state index contributed by atoms with van der Waals surface area (Å²) in [5.41, 5.74) is 2.42. The zero-order valence-corrected chi connectivity index (χ0v) is 20.2. The van der Waals surface area contributed by atoms with Crippen LogP contribution in [0.15, 0.2) is 58.5 Å². The number of thiophene rings is 1. The van der Waals surface area contributed by atoms with Crippen molar-refractivity contribution in [1.29, 1.82) is 0 Å². The van der Waals surface area contributed by atoms with Gasteiger partial charge in [0.15, 0.2) is 5.11 Å². The van der Waals surface area contributed by atoms with Gasteiger partial charge in [0.05, 0.1) is 30.6 Å². The van der Waals surface area contributed by atoms with Crippen molar-refractivity contribution in [1.82, 2.24) is 10.3 Å². The molecule has 0 unspecified atom stereocenters. The third-order valence-corrected chi connectivity index (χ3v) is 7.11. The number of nitrogens with one attached hydrogen (secondary N) is 2. The molecule has 3 heterocycles. The molecule has 160 valence electrons. The molecule has 1 fully saturated rings. The molecule has 31 heavy (non-hydrogen) atoms. The first-order valence-electron chi connectivity index (χ1n) is 9.74. The minimum atomic E-state index is -0.107. The van der Waals surface area contributed by atoms with Gasteiger partial charge in [-0.15, -0.1) is 11.3 Å². The summed E-state index contributed by atoms with van der Waals surface area (Å²) in [6.45, 7) is 1.81. The number of thiocarbonyl (C=S) groups is 1. The third kappa shape index (κ3) is 4.44. The first-order chi connectivity index (χ1) is 15.0. The lowest BCUT2D eigenvalue weighted by molar-refractivity contribution is -0.115. The molecule has 2 N–H and O–H groups in total. The van der Waals surface area contributed by atoms with Crippen molar-refractivity contribution in [3.05, 3.63) is 69.1 Å². The SMILES string of the molecule is CCC(=O)Nc1ccc(N2C(=S)N[C@@H](c3ccccn3)[C@@H]2c2cc(Br)cs2)cc1OC. The maximum absolute atomic E-state index is 11.9. The van der Waals surface area contributed by atoms with Gasteiger partial charge in [-0.05, 0) is 58.5 Å². The second-order valence-corrected chi connectivity index (χ2v) is 9.20. The number of hydrogen-bond donors (Lipinski definition) is 2. The van der Waals surface area contributed by atoms with E-state index in [0.29, 0.717) is 23.0 Å². The van der Waals surface area contributed by atoms with E-state index in [1.807, 2.05) is 43.3 Å². The first kappa shape index (κ1) is 21.7. The number of halogens is 1. The highest BCUT2D eigenvalue weighted by atomic mass is 79.9. The van der Waals surface area contributed by atoms with Gasteiger partial charge in [0, 0.05) is 39.1 Å². The normalized spacial score (nSPS) is 18.0. The maximum Gasteiger partial charge on any atom is 0.224 e. The van der Waals surface area contributed by atoms with Crippen LogP contribution in [-0.2, 0) is 4.79 Å². The summed E-state index contributed by atoms with van der Waals surface area (Å²) < 4.78 is 6.59. The Bertz CT molecular complexity index is 1110. The summed E-state index contributed by atoms with van der Waals surface area (Å²) >= 11 is 11.0. The fourth-order valence-electron chi connectivity index (χ4n) is 3.58. The van der Waals surface area contributed by atoms with E-state index < -0.39 is 0 Å². The van der Waals surface area contributed by atoms with Crippen LogP contribution in [0.5, 0.6) is 5.75 Å². The average molecular weight is 517 g/mol. The Morgan fingerprint density at radius 2 is 2.19 bits per heavy atom. The van der Waals surface area contributed by atoms with Crippen LogP contribution in [0.25, 0.3) is 0 Å². The molecule has 1 saturated heterocycles. The number of hydrogen-bond acceptors (Lipinski definition) is 5. The largest absolute Gasteiger partial charge is 0.494 e. The number of carbonyl (C=O) groups excluding carboxylic acids is 1. The lowest BCUT2D eigenvalue weighted by Crippen LogP contribution is -2.29. The Morgan fingerprint density at radius 3 is 2.84 bits per heavy atom.